The predicted octanol–water partition coefficient (Wildman–Crippen LogP) is 2.74. The average molecular weight is 336 g/mol. The molecule has 0 aliphatic carbocycles. The highest BCUT2D eigenvalue weighted by atomic mass is 32.2. The van der Waals surface area contributed by atoms with Crippen molar-refractivity contribution in [2.24, 2.45) is 0 Å². The highest BCUT2D eigenvalue weighted by Crippen LogP contribution is 2.26. The fraction of sp³-hybridized carbons (Fsp3) is 0.0667. The van der Waals surface area contributed by atoms with Crippen LogP contribution < -0.4 is 5.32 Å². The number of hydrogen-bond donors (Lipinski definition) is 2. The number of hydrogen-bond acceptors (Lipinski definition) is 8. The summed E-state index contributed by atoms with van der Waals surface area (Å²) in [6.45, 7) is 1.99. The lowest BCUT2D eigenvalue weighted by Crippen LogP contribution is -1.99. The van der Waals surface area contributed by atoms with Crippen molar-refractivity contribution in [2.75, 3.05) is 5.32 Å². The lowest BCUT2D eigenvalue weighted by molar-refractivity contribution is 0.968. The van der Waals surface area contributed by atoms with Gasteiger partial charge in [-0.05, 0) is 42.4 Å². The molecule has 24 heavy (non-hydrogen) atoms. The molecule has 0 aliphatic heterocycles. The van der Waals surface area contributed by atoms with Crippen molar-refractivity contribution in [3.63, 3.8) is 0 Å². The number of rotatable bonds is 4. The minimum Gasteiger partial charge on any atom is -0.323 e. The molecular formula is C15H12N8S. The predicted molar refractivity (Wildman–Crippen MR) is 90.1 cm³/mol. The van der Waals surface area contributed by atoms with Crippen LogP contribution in [0.15, 0.2) is 53.3 Å². The molecule has 0 radical (unpaired) electrons. The molecule has 0 saturated heterocycles. The number of nitrogens with zero attached hydrogens (tertiary/aromatic N) is 6. The van der Waals surface area contributed by atoms with Gasteiger partial charge < -0.3 is 10.3 Å². The number of H-pyrrole nitrogens is 1. The zero-order chi connectivity index (χ0) is 16.4. The van der Waals surface area contributed by atoms with Gasteiger partial charge in [0.05, 0.1) is 5.52 Å². The van der Waals surface area contributed by atoms with Crippen molar-refractivity contribution in [1.82, 2.24) is 35.1 Å². The van der Waals surface area contributed by atoms with Gasteiger partial charge in [0, 0.05) is 6.20 Å². The average Bonchev–Trinajstić information content (AvgIpc) is 3.10. The molecule has 4 aromatic rings. The Hall–Kier alpha value is -3.07. The van der Waals surface area contributed by atoms with E-state index >= 15 is 0 Å². The third-order valence-electron chi connectivity index (χ3n) is 3.21. The second-order valence-corrected chi connectivity index (χ2v) is 5.99. The summed E-state index contributed by atoms with van der Waals surface area (Å²) >= 11 is 1.39. The van der Waals surface area contributed by atoms with Gasteiger partial charge in [-0.15, -0.1) is 10.2 Å². The highest BCUT2D eigenvalue weighted by Gasteiger charge is 2.09. The molecule has 0 amide bonds. The number of pyridine rings is 2. The zero-order valence-corrected chi connectivity index (χ0v) is 13.4. The van der Waals surface area contributed by atoms with Gasteiger partial charge in [0.15, 0.2) is 11.0 Å². The van der Waals surface area contributed by atoms with Gasteiger partial charge in [0.1, 0.15) is 29.0 Å². The van der Waals surface area contributed by atoms with Crippen molar-refractivity contribution < 1.29 is 0 Å². The Morgan fingerprint density at radius 2 is 2.04 bits per heavy atom. The van der Waals surface area contributed by atoms with E-state index in [9.17, 15) is 0 Å². The third kappa shape index (κ3) is 3.01. The second-order valence-electron chi connectivity index (χ2n) is 4.98. The molecule has 0 saturated carbocycles. The molecule has 0 unspecified atom stereocenters. The Morgan fingerprint density at radius 3 is 2.83 bits per heavy atom. The standard InChI is InChI=1S/C15H12N8S/c1-9-2-4-11(16-6-9)21-14-13-10(17-7-18-14)3-5-12(22-13)24-15-19-8-20-23-15/h2-8H,1H3,(H,19,20,23)(H,16,17,18,21). The van der Waals surface area contributed by atoms with Crippen LogP contribution in [0.4, 0.5) is 11.6 Å². The summed E-state index contributed by atoms with van der Waals surface area (Å²) in [5.74, 6) is 1.31. The van der Waals surface area contributed by atoms with Gasteiger partial charge in [0.2, 0.25) is 0 Å². The van der Waals surface area contributed by atoms with E-state index in [-0.39, 0.29) is 0 Å². The molecular weight excluding hydrogens is 324 g/mol. The molecule has 4 rings (SSSR count). The number of anilines is 2. The first-order valence-corrected chi connectivity index (χ1v) is 7.95. The second kappa shape index (κ2) is 6.20. The van der Waals surface area contributed by atoms with Gasteiger partial charge in [-0.25, -0.2) is 19.9 Å². The molecule has 0 atom stereocenters. The quantitative estimate of drug-likeness (QED) is 0.586. The van der Waals surface area contributed by atoms with Crippen LogP contribution in [0.2, 0.25) is 0 Å². The molecule has 0 aromatic carbocycles. The van der Waals surface area contributed by atoms with Gasteiger partial charge in [-0.3, -0.25) is 0 Å². The molecule has 4 aromatic heterocycles. The van der Waals surface area contributed by atoms with E-state index < -0.39 is 0 Å². The minimum atomic E-state index is 0.608. The monoisotopic (exact) mass is 336 g/mol. The van der Waals surface area contributed by atoms with Crippen LogP contribution in [0.25, 0.3) is 11.0 Å². The number of nitrogens with one attached hydrogen (secondary N) is 2. The molecule has 4 heterocycles. The lowest BCUT2D eigenvalue weighted by Gasteiger charge is -2.08. The van der Waals surface area contributed by atoms with Crippen molar-refractivity contribution in [3.8, 4) is 0 Å². The SMILES string of the molecule is Cc1ccc(Nc2ncnc3ccc(Sc4nnc[nH]4)nc23)nc1. The molecule has 0 bridgehead atoms. The maximum atomic E-state index is 4.62. The highest BCUT2D eigenvalue weighted by molar-refractivity contribution is 7.99. The van der Waals surface area contributed by atoms with Gasteiger partial charge >= 0.3 is 0 Å². The number of aromatic nitrogens is 7. The van der Waals surface area contributed by atoms with Crippen LogP contribution in [0, 0.1) is 6.92 Å². The van der Waals surface area contributed by atoms with Crippen LogP contribution in [-0.2, 0) is 0 Å². The lowest BCUT2D eigenvalue weighted by atomic mass is 10.3. The molecule has 0 aliphatic rings. The Labute approximate surface area is 141 Å². The molecule has 0 spiro atoms. The Bertz CT molecular complexity index is 969. The number of aryl methyl sites for hydroxylation is 1. The van der Waals surface area contributed by atoms with E-state index in [1.165, 1.54) is 24.4 Å². The molecule has 8 nitrogen and oxygen atoms in total. The van der Waals surface area contributed by atoms with Crippen LogP contribution in [0.3, 0.4) is 0 Å². The summed E-state index contributed by atoms with van der Waals surface area (Å²) < 4.78 is 0. The molecule has 118 valence electrons. The minimum absolute atomic E-state index is 0.608. The fourth-order valence-corrected chi connectivity index (χ4v) is 2.75. The van der Waals surface area contributed by atoms with E-state index in [0.717, 1.165) is 16.1 Å². The van der Waals surface area contributed by atoms with Crippen LogP contribution >= 0.6 is 11.8 Å². The smallest absolute Gasteiger partial charge is 0.194 e. The van der Waals surface area contributed by atoms with E-state index in [1.807, 2.05) is 31.2 Å². The van der Waals surface area contributed by atoms with Crippen molar-refractivity contribution >= 4 is 34.4 Å². The van der Waals surface area contributed by atoms with E-state index in [4.69, 9.17) is 0 Å². The fourth-order valence-electron chi connectivity index (χ4n) is 2.08. The molecule has 0 fully saturated rings. The summed E-state index contributed by atoms with van der Waals surface area (Å²) in [5.41, 5.74) is 2.52. The van der Waals surface area contributed by atoms with E-state index in [0.29, 0.717) is 22.3 Å². The summed E-state index contributed by atoms with van der Waals surface area (Å²) in [5, 5.41) is 12.3. The maximum Gasteiger partial charge on any atom is 0.194 e. The number of fused-ring (bicyclic) bond motifs is 1. The van der Waals surface area contributed by atoms with E-state index in [2.05, 4.69) is 40.4 Å². The normalized spacial score (nSPS) is 10.9. The number of aromatic amines is 1. The van der Waals surface area contributed by atoms with Crippen LogP contribution in [0.5, 0.6) is 0 Å². The first-order valence-electron chi connectivity index (χ1n) is 7.13. The van der Waals surface area contributed by atoms with Crippen LogP contribution in [0.1, 0.15) is 5.56 Å². The topological polar surface area (TPSA) is 105 Å². The maximum absolute atomic E-state index is 4.62. The van der Waals surface area contributed by atoms with Crippen molar-refractivity contribution in [3.05, 3.63) is 48.7 Å². The third-order valence-corrected chi connectivity index (χ3v) is 4.04. The molecule has 9 heteroatoms. The first kappa shape index (κ1) is 14.5. The first-order chi connectivity index (χ1) is 11.8. The summed E-state index contributed by atoms with van der Waals surface area (Å²) in [6.07, 6.45) is 4.83. The van der Waals surface area contributed by atoms with Crippen molar-refractivity contribution in [1.29, 1.82) is 0 Å². The van der Waals surface area contributed by atoms with Gasteiger partial charge in [-0.2, -0.15) is 0 Å². The Morgan fingerprint density at radius 1 is 1.08 bits per heavy atom. The largest absolute Gasteiger partial charge is 0.323 e. The summed E-state index contributed by atoms with van der Waals surface area (Å²) in [4.78, 5) is 20.4. The zero-order valence-electron chi connectivity index (χ0n) is 12.6. The van der Waals surface area contributed by atoms with Crippen LogP contribution in [-0.4, -0.2) is 35.1 Å². The van der Waals surface area contributed by atoms with Gasteiger partial charge in [-0.1, -0.05) is 6.07 Å². The Balaban J connectivity index is 1.70. The van der Waals surface area contributed by atoms with Crippen molar-refractivity contribution in [2.45, 2.75) is 17.1 Å². The Kier molecular flexibility index (Phi) is 3.75. The summed E-state index contributed by atoms with van der Waals surface area (Å²) in [6, 6.07) is 7.67. The molecule has 2 N–H and O–H groups in total. The summed E-state index contributed by atoms with van der Waals surface area (Å²) in [7, 11) is 0. The van der Waals surface area contributed by atoms with Gasteiger partial charge in [0.25, 0.3) is 0 Å². The van der Waals surface area contributed by atoms with E-state index in [1.54, 1.807) is 6.20 Å².